The second-order valence-corrected chi connectivity index (χ2v) is 2.78. The summed E-state index contributed by atoms with van der Waals surface area (Å²) in [5, 5.41) is 18.2. The fourth-order valence-electron chi connectivity index (χ4n) is 1.19. The minimum atomic E-state index is -1.33. The summed E-state index contributed by atoms with van der Waals surface area (Å²) < 4.78 is 4.33. The molecule has 0 bridgehead atoms. The molecule has 2 N–H and O–H groups in total. The molecule has 1 aliphatic rings. The summed E-state index contributed by atoms with van der Waals surface area (Å²) in [6.07, 6.45) is 2.89. The van der Waals surface area contributed by atoms with Gasteiger partial charge in [-0.05, 0) is 5.56 Å². The van der Waals surface area contributed by atoms with Crippen LogP contribution in [-0.4, -0.2) is 27.6 Å². The zero-order valence-corrected chi connectivity index (χ0v) is 11.8. The summed E-state index contributed by atoms with van der Waals surface area (Å²) in [7, 11) is 0. The molecule has 1 aliphatic carbocycles. The summed E-state index contributed by atoms with van der Waals surface area (Å²) >= 11 is 0. The molecule has 0 atom stereocenters. The quantitative estimate of drug-likeness (QED) is 0.425. The number of furan rings is 1. The molecule has 0 aromatic carbocycles. The summed E-state index contributed by atoms with van der Waals surface area (Å²) in [6.45, 7) is 0. The van der Waals surface area contributed by atoms with Crippen molar-refractivity contribution in [2.45, 2.75) is 0 Å². The molecule has 0 spiro atoms. The van der Waals surface area contributed by atoms with E-state index in [-0.39, 0.29) is 36.7 Å². The average Bonchev–Trinajstić information content (AvgIpc) is 2.41. The second kappa shape index (κ2) is 4.28. The molecule has 2 rings (SSSR count). The molecule has 6 nitrogen and oxygen atoms in total. The SMILES string of the molecule is O=C1[C-]=Cc2c(O)oc(O)c2C(=O)C1=O.[U]. The van der Waals surface area contributed by atoms with Crippen LogP contribution >= 0.6 is 0 Å². The molecule has 80 valence electrons. The van der Waals surface area contributed by atoms with Gasteiger partial charge in [0.1, 0.15) is 5.78 Å². The Kier molecular flexibility index (Phi) is 3.41. The zero-order valence-electron chi connectivity index (χ0n) is 7.60. The van der Waals surface area contributed by atoms with Crippen molar-refractivity contribution < 1.29 is 60.1 Å². The predicted molar refractivity (Wildman–Crippen MR) is 44.1 cm³/mol. The van der Waals surface area contributed by atoms with Crippen LogP contribution in [0.25, 0.3) is 6.08 Å². The molecule has 0 unspecified atom stereocenters. The van der Waals surface area contributed by atoms with Crippen molar-refractivity contribution in [3.05, 3.63) is 17.2 Å². The Morgan fingerprint density at radius 3 is 2.31 bits per heavy atom. The van der Waals surface area contributed by atoms with Gasteiger partial charge >= 0.3 is 0 Å². The third-order valence-electron chi connectivity index (χ3n) is 1.89. The first kappa shape index (κ1) is 12.8. The third-order valence-corrected chi connectivity index (χ3v) is 1.89. The molecule has 1 aromatic rings. The number of Topliss-reactive ketones (excluding diaryl/α,β-unsaturated/α-hetero) is 3. The summed E-state index contributed by atoms with van der Waals surface area (Å²) in [5.41, 5.74) is -0.743. The van der Waals surface area contributed by atoms with Crippen LogP contribution in [0, 0.1) is 37.2 Å². The molecule has 1 heterocycles. The maximum Gasteiger partial charge on any atom is 0.282 e. The average molecular weight is 445 g/mol. The van der Waals surface area contributed by atoms with Crippen LogP contribution in [0.15, 0.2) is 4.42 Å². The Labute approximate surface area is 112 Å². The Balaban J connectivity index is 0.00000128. The van der Waals surface area contributed by atoms with Gasteiger partial charge in [-0.1, -0.05) is 0 Å². The number of hydrogen-bond acceptors (Lipinski definition) is 6. The van der Waals surface area contributed by atoms with Crippen molar-refractivity contribution in [1.29, 1.82) is 0 Å². The van der Waals surface area contributed by atoms with Crippen LogP contribution in [0.3, 0.4) is 0 Å². The molecule has 0 saturated heterocycles. The van der Waals surface area contributed by atoms with E-state index >= 15 is 0 Å². The fourth-order valence-corrected chi connectivity index (χ4v) is 1.19. The largest absolute Gasteiger partial charge is 0.490 e. The van der Waals surface area contributed by atoms with Gasteiger partial charge in [-0.3, -0.25) is 0 Å². The molecular weight excluding hydrogens is 442 g/mol. The van der Waals surface area contributed by atoms with E-state index in [0.717, 1.165) is 6.08 Å². The standard InChI is InChI=1S/C9H3O6.U/c10-4-2-1-3-5(7(12)6(4)11)9(14)15-8(3)13;/h1,13-14H;/q-1;. The minimum absolute atomic E-state index is 0. The Morgan fingerprint density at radius 1 is 1.06 bits per heavy atom. The van der Waals surface area contributed by atoms with Gasteiger partial charge in [0, 0.05) is 31.1 Å². The van der Waals surface area contributed by atoms with Crippen molar-refractivity contribution >= 4 is 23.4 Å². The Hall–Kier alpha value is -1.32. The Bertz CT molecular complexity index is 524. The number of allylic oxidation sites excluding steroid dienone is 1. The first-order chi connectivity index (χ1) is 7.02. The van der Waals surface area contributed by atoms with Crippen molar-refractivity contribution in [1.82, 2.24) is 0 Å². The molecule has 0 amide bonds. The predicted octanol–water partition coefficient (Wildman–Crippen LogP) is -0.158. The van der Waals surface area contributed by atoms with E-state index in [1.807, 2.05) is 6.08 Å². The van der Waals surface area contributed by atoms with Gasteiger partial charge in [-0.2, -0.15) is 6.08 Å². The number of carbonyl (C=O) groups excluding carboxylic acids is 3. The van der Waals surface area contributed by atoms with E-state index in [1.165, 1.54) is 0 Å². The van der Waals surface area contributed by atoms with Crippen LogP contribution in [0.5, 0.6) is 11.9 Å². The number of ketones is 3. The molecule has 7 heteroatoms. The molecular formula is C9H3O6U-. The monoisotopic (exact) mass is 445 g/mol. The van der Waals surface area contributed by atoms with Crippen molar-refractivity contribution in [3.8, 4) is 11.9 Å². The van der Waals surface area contributed by atoms with Crippen molar-refractivity contribution in [2.75, 3.05) is 0 Å². The van der Waals surface area contributed by atoms with Crippen molar-refractivity contribution in [2.24, 2.45) is 0 Å². The Morgan fingerprint density at radius 2 is 1.69 bits per heavy atom. The summed E-state index contributed by atoms with van der Waals surface area (Å²) in [5.74, 6) is -5.33. The third kappa shape index (κ3) is 1.72. The van der Waals surface area contributed by atoms with Gasteiger partial charge < -0.3 is 29.0 Å². The van der Waals surface area contributed by atoms with Crippen molar-refractivity contribution in [3.63, 3.8) is 0 Å². The molecule has 1 aromatic heterocycles. The zero-order chi connectivity index (χ0) is 11.2. The van der Waals surface area contributed by atoms with Gasteiger partial charge in [-0.15, -0.1) is 6.08 Å². The topological polar surface area (TPSA) is 105 Å². The van der Waals surface area contributed by atoms with E-state index in [9.17, 15) is 14.4 Å². The maximum absolute atomic E-state index is 11.3. The molecule has 16 heavy (non-hydrogen) atoms. The molecule has 0 aliphatic heterocycles. The normalized spacial score (nSPS) is 14.4. The molecule has 0 radical (unpaired) electrons. The van der Waals surface area contributed by atoms with Gasteiger partial charge in [0.2, 0.25) is 5.95 Å². The fraction of sp³-hybridized carbons (Fsp3) is 0. The van der Waals surface area contributed by atoms with Crippen LogP contribution in [0.1, 0.15) is 15.9 Å². The smallest absolute Gasteiger partial charge is 0.282 e. The van der Waals surface area contributed by atoms with E-state index in [0.29, 0.717) is 0 Å². The van der Waals surface area contributed by atoms with Crippen LogP contribution < -0.4 is 0 Å². The van der Waals surface area contributed by atoms with E-state index in [4.69, 9.17) is 10.2 Å². The van der Waals surface area contributed by atoms with Gasteiger partial charge in [0.25, 0.3) is 5.95 Å². The van der Waals surface area contributed by atoms with E-state index < -0.39 is 34.8 Å². The summed E-state index contributed by atoms with van der Waals surface area (Å²) in [4.78, 5) is 33.3. The van der Waals surface area contributed by atoms with Gasteiger partial charge in [-0.25, -0.2) is 0 Å². The molecule has 0 fully saturated rings. The second-order valence-electron chi connectivity index (χ2n) is 2.78. The molecule has 0 saturated carbocycles. The van der Waals surface area contributed by atoms with Crippen LogP contribution in [0.4, 0.5) is 0 Å². The maximum atomic E-state index is 11.3. The number of rotatable bonds is 0. The minimum Gasteiger partial charge on any atom is -0.490 e. The number of carbonyl (C=O) groups is 3. The van der Waals surface area contributed by atoms with E-state index in [1.54, 1.807) is 0 Å². The van der Waals surface area contributed by atoms with Crippen LogP contribution in [0.2, 0.25) is 0 Å². The number of fused-ring (bicyclic) bond motifs is 1. The van der Waals surface area contributed by atoms with Crippen LogP contribution in [-0.2, 0) is 9.59 Å². The first-order valence-corrected chi connectivity index (χ1v) is 3.80. The number of aromatic hydroxyl groups is 2. The van der Waals surface area contributed by atoms with Gasteiger partial charge in [0.15, 0.2) is 11.6 Å². The first-order valence-electron chi connectivity index (χ1n) is 3.80. The van der Waals surface area contributed by atoms with Gasteiger partial charge in [0.05, 0.1) is 5.56 Å². The summed E-state index contributed by atoms with van der Waals surface area (Å²) in [6, 6.07) is 0. The van der Waals surface area contributed by atoms with E-state index in [2.05, 4.69) is 4.42 Å². The number of hydrogen-bond donors (Lipinski definition) is 2.